The Morgan fingerprint density at radius 2 is 0.731 bits per heavy atom. The summed E-state index contributed by atoms with van der Waals surface area (Å²) in [5, 5.41) is 2.75. The van der Waals surface area contributed by atoms with Crippen LogP contribution < -0.4 is 5.32 Å². The molecule has 5 heteroatoms. The third-order valence-electron chi connectivity index (χ3n) is 7.68. The average molecular weight is 734 g/mol. The summed E-state index contributed by atoms with van der Waals surface area (Å²) >= 11 is 5.92. The minimum atomic E-state index is 0. The van der Waals surface area contributed by atoms with Crippen LogP contribution in [-0.4, -0.2) is 71.1 Å². The van der Waals surface area contributed by atoms with Gasteiger partial charge in [0, 0.05) is 25.5 Å². The Bertz CT molecular complexity index is 1520. The van der Waals surface area contributed by atoms with Crippen LogP contribution in [0.2, 0.25) is 0 Å². The molecule has 2 aliphatic rings. The molecule has 0 amide bonds. The number of hydrogen-bond acceptors (Lipinski definition) is 4. The van der Waals surface area contributed by atoms with Crippen molar-refractivity contribution in [2.45, 2.75) is 101 Å². The van der Waals surface area contributed by atoms with Crippen molar-refractivity contribution < 1.29 is 0 Å². The lowest BCUT2D eigenvalue weighted by Crippen LogP contribution is -2.10. The number of benzene rings is 4. The van der Waals surface area contributed by atoms with E-state index in [4.69, 9.17) is 11.6 Å². The molecule has 1 N–H and O–H groups in total. The molecule has 4 aromatic carbocycles. The van der Waals surface area contributed by atoms with Crippen molar-refractivity contribution >= 4 is 11.6 Å². The van der Waals surface area contributed by atoms with E-state index in [1.54, 1.807) is 0 Å². The van der Waals surface area contributed by atoms with E-state index in [1.807, 2.05) is 69.5 Å². The van der Waals surface area contributed by atoms with Gasteiger partial charge < -0.3 is 20.0 Å². The summed E-state index contributed by atoms with van der Waals surface area (Å²) in [7, 11) is 16.4. The topological polar surface area (TPSA) is 21.8 Å². The predicted molar refractivity (Wildman–Crippen MR) is 238 cm³/mol. The molecule has 0 fully saturated rings. The van der Waals surface area contributed by atoms with Crippen LogP contribution in [0.15, 0.2) is 72.8 Å². The molecule has 2 aliphatic carbocycles. The number of hydrogen-bond donors (Lipinski definition) is 1. The number of nitrogens with zero attached hydrogens (tertiary/aromatic N) is 3. The maximum Gasteiger partial charge on any atom is 0.0474 e. The van der Waals surface area contributed by atoms with Crippen molar-refractivity contribution in [3.8, 4) is 22.3 Å². The van der Waals surface area contributed by atoms with Gasteiger partial charge in [-0.3, -0.25) is 0 Å². The number of nitrogens with one attached hydrogen (secondary N) is 1. The highest BCUT2D eigenvalue weighted by Crippen LogP contribution is 2.39. The summed E-state index contributed by atoms with van der Waals surface area (Å²) in [4.78, 5) is 6.64. The standard InChI is InChI=1S/C19H24N2.C17H18ClN.C2H7N.4C2H6.CH4/c1-20(2)12-14-6-8-18-17(9-14)11-16-7-5-15(10-19(16)18)13-21(3)4;1-19(2)11-13-3-5-14-9-15-7-12(10-18)4-6-16(15)17(14)8-13;1-3-2;4*1-2;/h5-10H,11-13H2,1-4H3;3-8H,9-11H2,1-2H3;3H,1-2H3;4*1-2H3;1H4. The fourth-order valence-electron chi connectivity index (χ4n) is 6.05. The van der Waals surface area contributed by atoms with Crippen LogP contribution in [0.3, 0.4) is 0 Å². The Labute approximate surface area is 327 Å². The molecular formula is C47H77ClN4. The highest BCUT2D eigenvalue weighted by atomic mass is 35.5. The first-order chi connectivity index (χ1) is 24.6. The van der Waals surface area contributed by atoms with E-state index in [1.165, 1.54) is 66.8 Å². The van der Waals surface area contributed by atoms with Gasteiger partial charge in [-0.05, 0) is 148 Å². The minimum Gasteiger partial charge on any atom is -0.323 e. The normalized spacial score (nSPS) is 10.6. The van der Waals surface area contributed by atoms with Crippen LogP contribution in [-0.2, 0) is 38.4 Å². The lowest BCUT2D eigenvalue weighted by atomic mass is 10.0. The van der Waals surface area contributed by atoms with Crippen LogP contribution in [0.25, 0.3) is 22.3 Å². The largest absolute Gasteiger partial charge is 0.323 e. The van der Waals surface area contributed by atoms with Crippen LogP contribution in [0.1, 0.15) is 107 Å². The molecule has 0 radical (unpaired) electrons. The first-order valence-electron chi connectivity index (χ1n) is 19.2. The van der Waals surface area contributed by atoms with Crippen LogP contribution in [0.5, 0.6) is 0 Å². The second kappa shape index (κ2) is 28.5. The number of halogens is 1. The van der Waals surface area contributed by atoms with Gasteiger partial charge >= 0.3 is 0 Å². The van der Waals surface area contributed by atoms with E-state index in [2.05, 4.69) is 135 Å². The van der Waals surface area contributed by atoms with Crippen LogP contribution in [0, 0.1) is 0 Å². The summed E-state index contributed by atoms with van der Waals surface area (Å²) in [5.74, 6) is 0.593. The molecule has 0 spiro atoms. The highest BCUT2D eigenvalue weighted by Gasteiger charge is 2.20. The van der Waals surface area contributed by atoms with E-state index >= 15 is 0 Å². The molecule has 0 heterocycles. The Morgan fingerprint density at radius 1 is 0.442 bits per heavy atom. The molecule has 0 unspecified atom stereocenters. The smallest absolute Gasteiger partial charge is 0.0474 e. The molecule has 4 nitrogen and oxygen atoms in total. The molecule has 0 saturated heterocycles. The predicted octanol–water partition coefficient (Wildman–Crippen LogP) is 12.0. The highest BCUT2D eigenvalue weighted by molar-refractivity contribution is 6.17. The Morgan fingerprint density at radius 3 is 1.06 bits per heavy atom. The molecule has 6 rings (SSSR count). The van der Waals surface area contributed by atoms with E-state index in [0.717, 1.165) is 32.5 Å². The third-order valence-corrected chi connectivity index (χ3v) is 7.99. The fraction of sp³-hybridized carbons (Fsp3) is 0.489. The van der Waals surface area contributed by atoms with Gasteiger partial charge in [0.15, 0.2) is 0 Å². The Kier molecular flexibility index (Phi) is 28.0. The lowest BCUT2D eigenvalue weighted by molar-refractivity contribution is 0.402. The quantitative estimate of drug-likeness (QED) is 0.165. The van der Waals surface area contributed by atoms with E-state index in [0.29, 0.717) is 5.88 Å². The first-order valence-corrected chi connectivity index (χ1v) is 19.7. The van der Waals surface area contributed by atoms with E-state index in [9.17, 15) is 0 Å². The summed E-state index contributed by atoms with van der Waals surface area (Å²) in [6.45, 7) is 19.0. The monoisotopic (exact) mass is 733 g/mol. The van der Waals surface area contributed by atoms with Gasteiger partial charge in [0.2, 0.25) is 0 Å². The van der Waals surface area contributed by atoms with Crippen LogP contribution in [0.4, 0.5) is 0 Å². The van der Waals surface area contributed by atoms with Gasteiger partial charge in [-0.25, -0.2) is 0 Å². The molecule has 0 atom stereocenters. The third kappa shape index (κ3) is 15.9. The molecule has 0 aromatic heterocycles. The zero-order valence-electron chi connectivity index (χ0n) is 35.4. The second-order valence-electron chi connectivity index (χ2n) is 12.7. The zero-order chi connectivity index (χ0) is 39.1. The Balaban J connectivity index is 0. The first kappa shape index (κ1) is 51.1. The SMILES string of the molecule is C.CC.CC.CC.CC.CN(C)Cc1ccc2c(c1)-c1ccc(CCl)cc1C2.CN(C)Cc1ccc2c(c1)Cc1ccc(CN(C)C)cc1-2.CNC. The van der Waals surface area contributed by atoms with Gasteiger partial charge in [-0.15, -0.1) is 11.6 Å². The molecule has 0 saturated carbocycles. The van der Waals surface area contributed by atoms with Crippen LogP contribution >= 0.6 is 11.6 Å². The fourth-order valence-corrected chi connectivity index (χ4v) is 6.22. The second-order valence-corrected chi connectivity index (χ2v) is 12.9. The summed E-state index contributed by atoms with van der Waals surface area (Å²) in [6.07, 6.45) is 2.12. The van der Waals surface area contributed by atoms with Gasteiger partial charge in [0.1, 0.15) is 0 Å². The number of fused-ring (bicyclic) bond motifs is 6. The van der Waals surface area contributed by atoms with Gasteiger partial charge in [0.25, 0.3) is 0 Å². The Hall–Kier alpha value is -2.99. The molecule has 52 heavy (non-hydrogen) atoms. The summed E-state index contributed by atoms with van der Waals surface area (Å²) in [5.41, 5.74) is 16.8. The van der Waals surface area contributed by atoms with Crippen molar-refractivity contribution in [1.29, 1.82) is 0 Å². The maximum absolute atomic E-state index is 5.92. The molecule has 4 aromatic rings. The van der Waals surface area contributed by atoms with Gasteiger partial charge in [-0.2, -0.15) is 0 Å². The molecule has 0 aliphatic heterocycles. The lowest BCUT2D eigenvalue weighted by Gasteiger charge is -2.12. The van der Waals surface area contributed by atoms with Gasteiger partial charge in [-0.1, -0.05) is 123 Å². The average Bonchev–Trinajstić information content (AvgIpc) is 3.68. The number of rotatable bonds is 7. The van der Waals surface area contributed by atoms with Crippen molar-refractivity contribution in [2.24, 2.45) is 0 Å². The van der Waals surface area contributed by atoms with E-state index in [-0.39, 0.29) is 7.43 Å². The van der Waals surface area contributed by atoms with Crippen molar-refractivity contribution in [2.75, 3.05) is 56.4 Å². The molecular weight excluding hydrogens is 656 g/mol. The van der Waals surface area contributed by atoms with Gasteiger partial charge in [0.05, 0.1) is 0 Å². The van der Waals surface area contributed by atoms with Crippen molar-refractivity contribution in [3.05, 3.63) is 117 Å². The minimum absolute atomic E-state index is 0. The molecule has 0 bridgehead atoms. The van der Waals surface area contributed by atoms with E-state index < -0.39 is 0 Å². The maximum atomic E-state index is 5.92. The van der Waals surface area contributed by atoms with Crippen molar-refractivity contribution in [3.63, 3.8) is 0 Å². The zero-order valence-corrected chi connectivity index (χ0v) is 36.1. The van der Waals surface area contributed by atoms with Crippen molar-refractivity contribution in [1.82, 2.24) is 20.0 Å². The summed E-state index contributed by atoms with van der Waals surface area (Å²) < 4.78 is 0. The number of alkyl halides is 1. The molecule has 292 valence electrons. The summed E-state index contributed by atoms with van der Waals surface area (Å²) in [6, 6.07) is 27.3.